The van der Waals surface area contributed by atoms with Crippen LogP contribution in [0.5, 0.6) is 0 Å². The number of aryl methyl sites for hydroxylation is 2. The molecule has 0 amide bonds. The predicted octanol–water partition coefficient (Wildman–Crippen LogP) is 5.48. The minimum Gasteiger partial charge on any atom is -0.0613 e. The van der Waals surface area contributed by atoms with Crippen LogP contribution in [0.25, 0.3) is 0 Å². The van der Waals surface area contributed by atoms with Gasteiger partial charge in [-0.2, -0.15) is 0 Å². The van der Waals surface area contributed by atoms with Crippen LogP contribution in [0.15, 0.2) is 46.9 Å². The van der Waals surface area contributed by atoms with E-state index in [1.54, 1.807) is 0 Å². The lowest BCUT2D eigenvalue weighted by atomic mass is 9.79. The maximum absolute atomic E-state index is 3.61. The molecule has 0 N–H and O–H groups in total. The summed E-state index contributed by atoms with van der Waals surface area (Å²) in [6.07, 6.45) is 4.92. The molecule has 2 aromatic rings. The molecule has 1 unspecified atom stereocenters. The van der Waals surface area contributed by atoms with E-state index in [1.165, 1.54) is 46.0 Å². The summed E-state index contributed by atoms with van der Waals surface area (Å²) in [5.41, 5.74) is 5.94. The maximum Gasteiger partial charge on any atom is 0.0178 e. The Morgan fingerprint density at radius 2 is 1.89 bits per heavy atom. The van der Waals surface area contributed by atoms with Crippen molar-refractivity contribution in [2.24, 2.45) is 0 Å². The fraction of sp³-hybridized carbons (Fsp3) is 0.333. The van der Waals surface area contributed by atoms with E-state index in [0.29, 0.717) is 5.92 Å². The van der Waals surface area contributed by atoms with Gasteiger partial charge in [-0.1, -0.05) is 53.2 Å². The van der Waals surface area contributed by atoms with Crippen LogP contribution in [0.2, 0.25) is 0 Å². The van der Waals surface area contributed by atoms with Crippen LogP contribution in [0.1, 0.15) is 47.9 Å². The van der Waals surface area contributed by atoms with Gasteiger partial charge in [0.2, 0.25) is 0 Å². The van der Waals surface area contributed by atoms with Gasteiger partial charge in [-0.15, -0.1) is 0 Å². The molecule has 0 fully saturated rings. The number of hydrogen-bond acceptors (Lipinski definition) is 0. The van der Waals surface area contributed by atoms with E-state index in [4.69, 9.17) is 0 Å². The Morgan fingerprint density at radius 1 is 1.11 bits per heavy atom. The summed E-state index contributed by atoms with van der Waals surface area (Å²) < 4.78 is 1.20. The fourth-order valence-electron chi connectivity index (χ4n) is 3.10. The Hall–Kier alpha value is -1.08. The van der Waals surface area contributed by atoms with Gasteiger partial charge in [-0.3, -0.25) is 0 Å². The first kappa shape index (κ1) is 12.9. The fourth-order valence-corrected chi connectivity index (χ4v) is 3.48. The average Bonchev–Trinajstić information content (AvgIpc) is 2.47. The molecule has 0 saturated heterocycles. The predicted molar refractivity (Wildman–Crippen MR) is 84.7 cm³/mol. The molecular weight excluding hydrogens is 296 g/mol. The molecule has 0 nitrogen and oxygen atoms in total. The standard InChI is InChI=1S/C18H19Br/c1-2-13-6-8-15(9-7-13)17-5-3-4-14-10-11-16(19)12-18(14)17/h6-12,17H,2-5H2,1H3. The molecule has 1 atom stereocenters. The van der Waals surface area contributed by atoms with Gasteiger partial charge in [0.1, 0.15) is 0 Å². The van der Waals surface area contributed by atoms with Crippen LogP contribution in [0.3, 0.4) is 0 Å². The van der Waals surface area contributed by atoms with Crippen molar-refractivity contribution in [3.8, 4) is 0 Å². The number of hydrogen-bond donors (Lipinski definition) is 0. The van der Waals surface area contributed by atoms with E-state index in [-0.39, 0.29) is 0 Å². The summed E-state index contributed by atoms with van der Waals surface area (Å²) in [5, 5.41) is 0. The van der Waals surface area contributed by atoms with E-state index in [0.717, 1.165) is 6.42 Å². The topological polar surface area (TPSA) is 0 Å². The molecule has 0 aliphatic heterocycles. The zero-order valence-corrected chi connectivity index (χ0v) is 12.9. The highest BCUT2D eigenvalue weighted by atomic mass is 79.9. The van der Waals surface area contributed by atoms with Crippen molar-refractivity contribution in [1.82, 2.24) is 0 Å². The van der Waals surface area contributed by atoms with Gasteiger partial charge in [0.25, 0.3) is 0 Å². The molecule has 2 aromatic carbocycles. The minimum atomic E-state index is 0.576. The third kappa shape index (κ3) is 2.62. The number of halogens is 1. The lowest BCUT2D eigenvalue weighted by molar-refractivity contribution is 0.615. The summed E-state index contributed by atoms with van der Waals surface area (Å²) in [7, 11) is 0. The van der Waals surface area contributed by atoms with Crippen molar-refractivity contribution in [3.05, 3.63) is 69.2 Å². The molecule has 98 valence electrons. The Bertz CT molecular complexity index is 569. The average molecular weight is 315 g/mol. The summed E-state index contributed by atoms with van der Waals surface area (Å²) >= 11 is 3.61. The van der Waals surface area contributed by atoms with Crippen molar-refractivity contribution in [1.29, 1.82) is 0 Å². The van der Waals surface area contributed by atoms with Gasteiger partial charge in [-0.25, -0.2) is 0 Å². The van der Waals surface area contributed by atoms with Crippen molar-refractivity contribution >= 4 is 15.9 Å². The summed E-state index contributed by atoms with van der Waals surface area (Å²) in [6, 6.07) is 16.0. The number of fused-ring (bicyclic) bond motifs is 1. The van der Waals surface area contributed by atoms with Crippen LogP contribution in [-0.2, 0) is 12.8 Å². The van der Waals surface area contributed by atoms with Crippen molar-refractivity contribution in [2.45, 2.75) is 38.5 Å². The summed E-state index contributed by atoms with van der Waals surface area (Å²) in [4.78, 5) is 0. The molecule has 0 bridgehead atoms. The van der Waals surface area contributed by atoms with Gasteiger partial charge >= 0.3 is 0 Å². The van der Waals surface area contributed by atoms with Gasteiger partial charge in [0.15, 0.2) is 0 Å². The monoisotopic (exact) mass is 314 g/mol. The highest BCUT2D eigenvalue weighted by molar-refractivity contribution is 9.10. The third-order valence-corrected chi connectivity index (χ3v) is 4.71. The van der Waals surface area contributed by atoms with Gasteiger partial charge in [-0.05, 0) is 60.1 Å². The molecular formula is C18H19Br. The van der Waals surface area contributed by atoms with Crippen LogP contribution < -0.4 is 0 Å². The highest BCUT2D eigenvalue weighted by Gasteiger charge is 2.21. The lowest BCUT2D eigenvalue weighted by Crippen LogP contribution is -2.11. The lowest BCUT2D eigenvalue weighted by Gasteiger charge is -2.26. The SMILES string of the molecule is CCc1ccc(C2CCCc3ccc(Br)cc32)cc1. The molecule has 3 rings (SSSR count). The molecule has 0 aromatic heterocycles. The molecule has 1 aliphatic rings. The molecule has 1 aliphatic carbocycles. The summed E-state index contributed by atoms with van der Waals surface area (Å²) in [6.45, 7) is 2.21. The highest BCUT2D eigenvalue weighted by Crippen LogP contribution is 2.37. The van der Waals surface area contributed by atoms with Crippen molar-refractivity contribution < 1.29 is 0 Å². The first-order valence-electron chi connectivity index (χ1n) is 7.15. The smallest absolute Gasteiger partial charge is 0.0178 e. The van der Waals surface area contributed by atoms with Crippen molar-refractivity contribution in [3.63, 3.8) is 0 Å². The van der Waals surface area contributed by atoms with E-state index in [9.17, 15) is 0 Å². The van der Waals surface area contributed by atoms with Crippen molar-refractivity contribution in [2.75, 3.05) is 0 Å². The van der Waals surface area contributed by atoms with Gasteiger partial charge in [0, 0.05) is 10.4 Å². The van der Waals surface area contributed by atoms with E-state index in [2.05, 4.69) is 65.3 Å². The van der Waals surface area contributed by atoms with Gasteiger partial charge in [0.05, 0.1) is 0 Å². The first-order valence-corrected chi connectivity index (χ1v) is 7.94. The number of rotatable bonds is 2. The molecule has 0 radical (unpaired) electrons. The molecule has 0 heterocycles. The van der Waals surface area contributed by atoms with Crippen LogP contribution in [-0.4, -0.2) is 0 Å². The zero-order valence-electron chi connectivity index (χ0n) is 11.3. The first-order chi connectivity index (χ1) is 9.28. The third-order valence-electron chi connectivity index (χ3n) is 4.21. The molecule has 1 heteroatoms. The van der Waals surface area contributed by atoms with Crippen LogP contribution in [0.4, 0.5) is 0 Å². The summed E-state index contributed by atoms with van der Waals surface area (Å²) in [5.74, 6) is 0.576. The van der Waals surface area contributed by atoms with Gasteiger partial charge < -0.3 is 0 Å². The zero-order chi connectivity index (χ0) is 13.2. The molecule has 19 heavy (non-hydrogen) atoms. The van der Waals surface area contributed by atoms with Crippen LogP contribution in [0, 0.1) is 0 Å². The molecule has 0 saturated carbocycles. The minimum absolute atomic E-state index is 0.576. The quantitative estimate of drug-likeness (QED) is 0.688. The Labute approximate surface area is 124 Å². The van der Waals surface area contributed by atoms with E-state index < -0.39 is 0 Å². The molecule has 0 spiro atoms. The second kappa shape index (κ2) is 5.50. The Kier molecular flexibility index (Phi) is 3.74. The normalized spacial score (nSPS) is 18.1. The largest absolute Gasteiger partial charge is 0.0613 e. The Balaban J connectivity index is 2.00. The van der Waals surface area contributed by atoms with E-state index in [1.807, 2.05) is 0 Å². The second-order valence-electron chi connectivity index (χ2n) is 5.38. The Morgan fingerprint density at radius 3 is 2.63 bits per heavy atom. The van der Waals surface area contributed by atoms with Crippen LogP contribution >= 0.6 is 15.9 Å². The maximum atomic E-state index is 3.61. The second-order valence-corrected chi connectivity index (χ2v) is 6.30. The number of benzene rings is 2. The van der Waals surface area contributed by atoms with E-state index >= 15 is 0 Å².